The summed E-state index contributed by atoms with van der Waals surface area (Å²) in [4.78, 5) is 27.8. The van der Waals surface area contributed by atoms with Gasteiger partial charge in [0.25, 0.3) is 10.0 Å². The van der Waals surface area contributed by atoms with Gasteiger partial charge >= 0.3 is 11.1 Å². The molecule has 0 aliphatic rings. The van der Waals surface area contributed by atoms with Crippen LogP contribution in [0.1, 0.15) is 5.56 Å². The van der Waals surface area contributed by atoms with Gasteiger partial charge in [-0.2, -0.15) is 5.10 Å². The van der Waals surface area contributed by atoms with Gasteiger partial charge in [0.05, 0.1) is 39.7 Å². The zero-order chi connectivity index (χ0) is 19.9. The van der Waals surface area contributed by atoms with Crippen molar-refractivity contribution in [2.75, 3.05) is 4.72 Å². The number of aromatic amines is 2. The molecule has 0 saturated heterocycles. The molecule has 2 aromatic carbocycles. The number of para-hydroxylation sites is 1. The van der Waals surface area contributed by atoms with Crippen LogP contribution in [-0.2, 0) is 10.0 Å². The second-order valence-corrected chi connectivity index (χ2v) is 7.84. The molecule has 4 rings (SSSR count). The van der Waals surface area contributed by atoms with Crippen LogP contribution in [0.25, 0.3) is 16.7 Å². The van der Waals surface area contributed by atoms with Crippen molar-refractivity contribution in [2.45, 2.75) is 11.8 Å². The summed E-state index contributed by atoms with van der Waals surface area (Å²) in [5.41, 5.74) is 0.409. The lowest BCUT2D eigenvalue weighted by Gasteiger charge is -2.10. The number of H-pyrrole nitrogens is 2. The molecule has 2 aromatic heterocycles. The number of hydrogen-bond donors (Lipinski definition) is 3. The van der Waals surface area contributed by atoms with Crippen LogP contribution in [0, 0.1) is 6.92 Å². The maximum absolute atomic E-state index is 12.9. The normalized spacial score (nSPS) is 11.6. The molecule has 4 aromatic rings. The zero-order valence-corrected chi connectivity index (χ0v) is 15.4. The van der Waals surface area contributed by atoms with E-state index >= 15 is 0 Å². The molecule has 2 heterocycles. The van der Waals surface area contributed by atoms with Gasteiger partial charge in [0, 0.05) is 0 Å². The largest absolute Gasteiger partial charge is 0.316 e. The van der Waals surface area contributed by atoms with Crippen LogP contribution in [0.15, 0.2) is 69.3 Å². The predicted molar refractivity (Wildman–Crippen MR) is 104 cm³/mol. The van der Waals surface area contributed by atoms with E-state index < -0.39 is 21.1 Å². The van der Waals surface area contributed by atoms with Crippen LogP contribution in [-0.4, -0.2) is 28.2 Å². The van der Waals surface area contributed by atoms with E-state index in [1.165, 1.54) is 18.3 Å². The van der Waals surface area contributed by atoms with Gasteiger partial charge in [-0.1, -0.05) is 18.2 Å². The molecule has 0 radical (unpaired) electrons. The average Bonchev–Trinajstić information content (AvgIpc) is 3.11. The van der Waals surface area contributed by atoms with Crippen molar-refractivity contribution >= 4 is 26.7 Å². The highest BCUT2D eigenvalue weighted by molar-refractivity contribution is 7.92. The molecule has 0 atom stereocenters. The van der Waals surface area contributed by atoms with Gasteiger partial charge in [0.15, 0.2) is 0 Å². The second kappa shape index (κ2) is 6.50. The van der Waals surface area contributed by atoms with Crippen LogP contribution in [0.5, 0.6) is 0 Å². The Balaban J connectivity index is 1.72. The monoisotopic (exact) mass is 397 g/mol. The molecule has 142 valence electrons. The van der Waals surface area contributed by atoms with Crippen LogP contribution >= 0.6 is 0 Å². The minimum Gasteiger partial charge on any atom is -0.316 e. The fourth-order valence-corrected chi connectivity index (χ4v) is 4.13. The smallest absolute Gasteiger partial charge is 0.314 e. The topological polar surface area (TPSA) is 130 Å². The van der Waals surface area contributed by atoms with Crippen molar-refractivity contribution in [3.63, 3.8) is 0 Å². The van der Waals surface area contributed by atoms with Crippen molar-refractivity contribution < 1.29 is 8.42 Å². The number of hydrogen-bond acceptors (Lipinski definition) is 5. The molecule has 0 aliphatic carbocycles. The highest BCUT2D eigenvalue weighted by Crippen LogP contribution is 2.23. The van der Waals surface area contributed by atoms with E-state index in [0.29, 0.717) is 16.8 Å². The lowest BCUT2D eigenvalue weighted by Crippen LogP contribution is -2.29. The lowest BCUT2D eigenvalue weighted by molar-refractivity contribution is 0.600. The minimum absolute atomic E-state index is 0.0184. The molecule has 0 amide bonds. The third kappa shape index (κ3) is 3.21. The number of nitrogens with zero attached hydrogens (tertiary/aromatic N) is 2. The summed E-state index contributed by atoms with van der Waals surface area (Å²) in [6.07, 6.45) is 2.96. The van der Waals surface area contributed by atoms with Gasteiger partial charge in [-0.05, 0) is 36.8 Å². The van der Waals surface area contributed by atoms with E-state index in [9.17, 15) is 18.0 Å². The molecular weight excluding hydrogens is 382 g/mol. The summed E-state index contributed by atoms with van der Waals surface area (Å²) in [6.45, 7) is 1.60. The van der Waals surface area contributed by atoms with Crippen LogP contribution < -0.4 is 15.8 Å². The first-order valence-corrected chi connectivity index (χ1v) is 9.72. The van der Waals surface area contributed by atoms with Gasteiger partial charge in [-0.3, -0.25) is 14.3 Å². The van der Waals surface area contributed by atoms with Gasteiger partial charge in [0.2, 0.25) is 0 Å². The van der Waals surface area contributed by atoms with E-state index in [2.05, 4.69) is 19.8 Å². The number of nitrogens with one attached hydrogen (secondary N) is 3. The quantitative estimate of drug-likeness (QED) is 0.450. The predicted octanol–water partition coefficient (Wildman–Crippen LogP) is 1.51. The minimum atomic E-state index is -3.94. The Kier molecular flexibility index (Phi) is 4.12. The number of anilines is 1. The third-order valence-corrected chi connectivity index (χ3v) is 5.69. The van der Waals surface area contributed by atoms with E-state index in [-0.39, 0.29) is 10.4 Å². The summed E-state index contributed by atoms with van der Waals surface area (Å²) in [6, 6.07) is 12.1. The standard InChI is InChI=1S/C18H15N5O4S/c1-11-7-14-15(21-18(25)17(24)20-14)8-16(11)28(26,27)22-12-9-19-23(10-12)13-5-3-2-4-6-13/h2-10,22H,1H3,(H,20,24)(H,21,25). The number of benzene rings is 2. The van der Waals surface area contributed by atoms with E-state index in [4.69, 9.17) is 0 Å². The van der Waals surface area contributed by atoms with E-state index in [1.54, 1.807) is 17.8 Å². The van der Waals surface area contributed by atoms with E-state index in [1.807, 2.05) is 30.3 Å². The number of fused-ring (bicyclic) bond motifs is 1. The first-order valence-electron chi connectivity index (χ1n) is 8.23. The summed E-state index contributed by atoms with van der Waals surface area (Å²) in [5, 5.41) is 4.16. The summed E-state index contributed by atoms with van der Waals surface area (Å²) in [7, 11) is -3.94. The fourth-order valence-electron chi connectivity index (χ4n) is 2.85. The zero-order valence-electron chi connectivity index (χ0n) is 14.6. The molecule has 28 heavy (non-hydrogen) atoms. The van der Waals surface area contributed by atoms with Gasteiger partial charge in [-0.15, -0.1) is 0 Å². The summed E-state index contributed by atoms with van der Waals surface area (Å²) < 4.78 is 29.7. The van der Waals surface area contributed by atoms with E-state index in [0.717, 1.165) is 5.69 Å². The van der Waals surface area contributed by atoms with Crippen LogP contribution in [0.4, 0.5) is 5.69 Å². The molecule has 0 unspecified atom stereocenters. The van der Waals surface area contributed by atoms with Crippen molar-refractivity contribution in [1.82, 2.24) is 19.7 Å². The number of aromatic nitrogens is 4. The number of aryl methyl sites for hydroxylation is 1. The lowest BCUT2D eigenvalue weighted by atomic mass is 10.2. The summed E-state index contributed by atoms with van der Waals surface area (Å²) in [5.74, 6) is 0. The molecule has 0 fully saturated rings. The van der Waals surface area contributed by atoms with Gasteiger partial charge in [0.1, 0.15) is 0 Å². The molecule has 10 heteroatoms. The molecular formula is C18H15N5O4S. The molecule has 0 spiro atoms. The third-order valence-electron chi connectivity index (χ3n) is 4.16. The highest BCUT2D eigenvalue weighted by atomic mass is 32.2. The Labute approximate surface area is 158 Å². The maximum Gasteiger partial charge on any atom is 0.314 e. The molecule has 0 saturated carbocycles. The molecule has 0 aliphatic heterocycles. The Bertz CT molecular complexity index is 1400. The molecule has 0 bridgehead atoms. The molecule has 3 N–H and O–H groups in total. The first kappa shape index (κ1) is 17.7. The van der Waals surface area contributed by atoms with Crippen LogP contribution in [0.3, 0.4) is 0 Å². The Morgan fingerprint density at radius 2 is 1.64 bits per heavy atom. The van der Waals surface area contributed by atoms with Gasteiger partial charge in [-0.25, -0.2) is 13.1 Å². The fraction of sp³-hybridized carbons (Fsp3) is 0.0556. The van der Waals surface area contributed by atoms with Crippen molar-refractivity contribution in [3.8, 4) is 5.69 Å². The highest BCUT2D eigenvalue weighted by Gasteiger charge is 2.19. The first-order chi connectivity index (χ1) is 13.3. The van der Waals surface area contributed by atoms with Crippen molar-refractivity contribution in [2.24, 2.45) is 0 Å². The maximum atomic E-state index is 12.9. The van der Waals surface area contributed by atoms with Crippen molar-refractivity contribution in [1.29, 1.82) is 0 Å². The second-order valence-electron chi connectivity index (χ2n) is 6.19. The Morgan fingerprint density at radius 1 is 1.00 bits per heavy atom. The van der Waals surface area contributed by atoms with Gasteiger partial charge < -0.3 is 9.97 Å². The number of sulfonamides is 1. The Hall–Kier alpha value is -3.66. The SMILES string of the molecule is Cc1cc2[nH]c(=O)c(=O)[nH]c2cc1S(=O)(=O)Nc1cnn(-c2ccccc2)c1. The average molecular weight is 397 g/mol. The van der Waals surface area contributed by atoms with Crippen LogP contribution in [0.2, 0.25) is 0 Å². The van der Waals surface area contributed by atoms with Crippen molar-refractivity contribution in [3.05, 3.63) is 81.1 Å². The Morgan fingerprint density at radius 3 is 2.32 bits per heavy atom. The number of rotatable bonds is 4. The molecule has 9 nitrogen and oxygen atoms in total. The summed E-state index contributed by atoms with van der Waals surface area (Å²) >= 11 is 0.